The van der Waals surface area contributed by atoms with Crippen molar-refractivity contribution in [2.75, 3.05) is 14.2 Å². The molecule has 0 spiro atoms. The van der Waals surface area contributed by atoms with E-state index in [1.165, 1.54) is 14.2 Å². The fourth-order valence-corrected chi connectivity index (χ4v) is 2.73. The first-order valence-corrected chi connectivity index (χ1v) is 7.15. The molecule has 3 nitrogen and oxygen atoms in total. The van der Waals surface area contributed by atoms with Crippen LogP contribution in [0.25, 0.3) is 0 Å². The zero-order valence-corrected chi connectivity index (χ0v) is 13.3. The summed E-state index contributed by atoms with van der Waals surface area (Å²) in [5.41, 5.74) is 1.52. The standard InChI is InChI=1S/C16H16Cl2O3/c1-20-14-7-6-12(15(18)16(14)21-2)13(19)9-10-4-3-5-11(17)8-10/h3-8,13,19H,9H2,1-2H3. The van der Waals surface area contributed by atoms with Crippen molar-refractivity contribution in [3.63, 3.8) is 0 Å². The van der Waals surface area contributed by atoms with E-state index in [0.717, 1.165) is 5.56 Å². The van der Waals surface area contributed by atoms with Crippen LogP contribution in [0.3, 0.4) is 0 Å². The molecule has 112 valence electrons. The van der Waals surface area contributed by atoms with E-state index in [4.69, 9.17) is 32.7 Å². The van der Waals surface area contributed by atoms with Gasteiger partial charge in [-0.1, -0.05) is 41.4 Å². The quantitative estimate of drug-likeness (QED) is 0.890. The Kier molecular flexibility index (Phi) is 5.34. The van der Waals surface area contributed by atoms with Crippen LogP contribution in [0.1, 0.15) is 17.2 Å². The van der Waals surface area contributed by atoms with Crippen molar-refractivity contribution < 1.29 is 14.6 Å². The lowest BCUT2D eigenvalue weighted by Gasteiger charge is -2.17. The normalized spacial score (nSPS) is 12.0. The molecule has 0 heterocycles. The van der Waals surface area contributed by atoms with Gasteiger partial charge in [0.15, 0.2) is 11.5 Å². The highest BCUT2D eigenvalue weighted by molar-refractivity contribution is 6.33. The average molecular weight is 327 g/mol. The van der Waals surface area contributed by atoms with E-state index in [0.29, 0.717) is 33.5 Å². The maximum absolute atomic E-state index is 10.4. The largest absolute Gasteiger partial charge is 0.493 e. The Morgan fingerprint density at radius 1 is 1.10 bits per heavy atom. The fourth-order valence-electron chi connectivity index (χ4n) is 2.16. The molecular formula is C16H16Cl2O3. The zero-order chi connectivity index (χ0) is 15.4. The molecule has 21 heavy (non-hydrogen) atoms. The van der Waals surface area contributed by atoms with Crippen LogP contribution in [0, 0.1) is 0 Å². The van der Waals surface area contributed by atoms with Gasteiger partial charge in [0, 0.05) is 17.0 Å². The van der Waals surface area contributed by atoms with E-state index >= 15 is 0 Å². The first-order chi connectivity index (χ1) is 10.1. The maximum atomic E-state index is 10.4. The minimum absolute atomic E-state index is 0.353. The van der Waals surface area contributed by atoms with Gasteiger partial charge in [0.1, 0.15) is 0 Å². The summed E-state index contributed by atoms with van der Waals surface area (Å²) in [5.74, 6) is 0.947. The molecule has 2 aromatic carbocycles. The first-order valence-electron chi connectivity index (χ1n) is 6.39. The molecule has 0 aliphatic carbocycles. The molecule has 0 aliphatic heterocycles. The number of rotatable bonds is 5. The van der Waals surface area contributed by atoms with Gasteiger partial charge in [-0.2, -0.15) is 0 Å². The highest BCUT2D eigenvalue weighted by atomic mass is 35.5. The van der Waals surface area contributed by atoms with Crippen molar-refractivity contribution in [3.8, 4) is 11.5 Å². The van der Waals surface area contributed by atoms with Gasteiger partial charge < -0.3 is 14.6 Å². The number of aliphatic hydroxyl groups is 1. The van der Waals surface area contributed by atoms with Crippen LogP contribution >= 0.6 is 23.2 Å². The molecule has 0 saturated carbocycles. The van der Waals surface area contributed by atoms with E-state index in [9.17, 15) is 5.11 Å². The SMILES string of the molecule is COc1ccc(C(O)Cc2cccc(Cl)c2)c(Cl)c1OC. The van der Waals surface area contributed by atoms with Gasteiger partial charge in [0.2, 0.25) is 0 Å². The molecule has 0 bridgehead atoms. The third-order valence-electron chi connectivity index (χ3n) is 3.19. The Hall–Kier alpha value is -1.42. The smallest absolute Gasteiger partial charge is 0.179 e. The Balaban J connectivity index is 2.29. The third kappa shape index (κ3) is 3.62. The third-order valence-corrected chi connectivity index (χ3v) is 3.82. The average Bonchev–Trinajstić information content (AvgIpc) is 2.46. The van der Waals surface area contributed by atoms with Gasteiger partial charge >= 0.3 is 0 Å². The highest BCUT2D eigenvalue weighted by Gasteiger charge is 2.19. The Labute approximate surface area is 134 Å². The van der Waals surface area contributed by atoms with Gasteiger partial charge in [-0.05, 0) is 23.8 Å². The highest BCUT2D eigenvalue weighted by Crippen LogP contribution is 2.40. The summed E-state index contributed by atoms with van der Waals surface area (Å²) in [4.78, 5) is 0. The number of methoxy groups -OCH3 is 2. The number of ether oxygens (including phenoxy) is 2. The van der Waals surface area contributed by atoms with Crippen molar-refractivity contribution in [1.29, 1.82) is 0 Å². The summed E-state index contributed by atoms with van der Waals surface area (Å²) in [7, 11) is 3.05. The van der Waals surface area contributed by atoms with Crippen molar-refractivity contribution >= 4 is 23.2 Å². The second-order valence-electron chi connectivity index (χ2n) is 4.55. The molecule has 0 fully saturated rings. The number of hydrogen-bond donors (Lipinski definition) is 1. The zero-order valence-electron chi connectivity index (χ0n) is 11.8. The molecular weight excluding hydrogens is 311 g/mol. The summed E-state index contributed by atoms with van der Waals surface area (Å²) in [6.45, 7) is 0. The van der Waals surface area contributed by atoms with E-state index in [-0.39, 0.29) is 0 Å². The van der Waals surface area contributed by atoms with Crippen molar-refractivity contribution in [2.45, 2.75) is 12.5 Å². The van der Waals surface area contributed by atoms with Crippen molar-refractivity contribution in [2.24, 2.45) is 0 Å². The molecule has 5 heteroatoms. The molecule has 0 saturated heterocycles. The van der Waals surface area contributed by atoms with Crippen LogP contribution in [0.2, 0.25) is 10.0 Å². The lowest BCUT2D eigenvalue weighted by molar-refractivity contribution is 0.178. The topological polar surface area (TPSA) is 38.7 Å². The summed E-state index contributed by atoms with van der Waals surface area (Å²) in [6, 6.07) is 10.8. The summed E-state index contributed by atoms with van der Waals surface area (Å²) in [6.07, 6.45) is -0.341. The maximum Gasteiger partial charge on any atom is 0.179 e. The van der Waals surface area contributed by atoms with Crippen molar-refractivity contribution in [1.82, 2.24) is 0 Å². The molecule has 1 N–H and O–H groups in total. The second-order valence-corrected chi connectivity index (χ2v) is 5.37. The number of halogens is 2. The Bertz CT molecular complexity index is 629. The predicted molar refractivity (Wildman–Crippen MR) is 84.7 cm³/mol. The Morgan fingerprint density at radius 3 is 2.48 bits per heavy atom. The van der Waals surface area contributed by atoms with Crippen molar-refractivity contribution in [3.05, 3.63) is 57.6 Å². The summed E-state index contributed by atoms with van der Waals surface area (Å²) >= 11 is 12.2. The molecule has 0 amide bonds. The van der Waals surface area contributed by atoms with Crippen LogP contribution in [-0.4, -0.2) is 19.3 Å². The van der Waals surface area contributed by atoms with Gasteiger partial charge in [-0.15, -0.1) is 0 Å². The van der Waals surface area contributed by atoms with E-state index < -0.39 is 6.10 Å². The molecule has 2 rings (SSSR count). The van der Waals surface area contributed by atoms with Crippen LogP contribution in [-0.2, 0) is 6.42 Å². The first kappa shape index (κ1) is 16.0. The van der Waals surface area contributed by atoms with Crippen LogP contribution in [0.15, 0.2) is 36.4 Å². The summed E-state index contributed by atoms with van der Waals surface area (Å²) < 4.78 is 10.4. The minimum atomic E-state index is -0.754. The van der Waals surface area contributed by atoms with E-state index in [2.05, 4.69) is 0 Å². The molecule has 1 atom stereocenters. The van der Waals surface area contributed by atoms with Gasteiger partial charge in [-0.25, -0.2) is 0 Å². The number of hydrogen-bond acceptors (Lipinski definition) is 3. The molecule has 0 aromatic heterocycles. The van der Waals surface area contributed by atoms with E-state index in [1.807, 2.05) is 18.2 Å². The van der Waals surface area contributed by atoms with Gasteiger partial charge in [0.05, 0.1) is 25.3 Å². The van der Waals surface area contributed by atoms with Crippen LogP contribution in [0.5, 0.6) is 11.5 Å². The number of aliphatic hydroxyl groups excluding tert-OH is 1. The monoisotopic (exact) mass is 326 g/mol. The summed E-state index contributed by atoms with van der Waals surface area (Å²) in [5, 5.41) is 11.4. The second kappa shape index (κ2) is 7.03. The van der Waals surface area contributed by atoms with Crippen LogP contribution < -0.4 is 9.47 Å². The molecule has 2 aromatic rings. The minimum Gasteiger partial charge on any atom is -0.493 e. The lowest BCUT2D eigenvalue weighted by atomic mass is 10.0. The van der Waals surface area contributed by atoms with Gasteiger partial charge in [0.25, 0.3) is 0 Å². The van der Waals surface area contributed by atoms with Gasteiger partial charge in [-0.3, -0.25) is 0 Å². The van der Waals surface area contributed by atoms with E-state index in [1.54, 1.807) is 18.2 Å². The Morgan fingerprint density at radius 2 is 1.86 bits per heavy atom. The predicted octanol–water partition coefficient (Wildman–Crippen LogP) is 4.29. The van der Waals surface area contributed by atoms with Crippen LogP contribution in [0.4, 0.5) is 0 Å². The lowest BCUT2D eigenvalue weighted by Crippen LogP contribution is -2.04. The number of benzene rings is 2. The molecule has 1 unspecified atom stereocenters. The molecule has 0 radical (unpaired) electrons. The molecule has 0 aliphatic rings. The fraction of sp³-hybridized carbons (Fsp3) is 0.250.